The molecule has 0 spiro atoms. The van der Waals surface area contributed by atoms with E-state index in [0.717, 1.165) is 9.87 Å². The number of nitrogens with zero attached hydrogens (tertiary/aromatic N) is 2. The second-order valence-corrected chi connectivity index (χ2v) is 12.1. The highest BCUT2D eigenvalue weighted by atomic mass is 32.2. The predicted octanol–water partition coefficient (Wildman–Crippen LogP) is 3.50. The van der Waals surface area contributed by atoms with Gasteiger partial charge in [-0.2, -0.15) is 0 Å². The van der Waals surface area contributed by atoms with E-state index in [1.807, 2.05) is 12.1 Å². The second kappa shape index (κ2) is 9.68. The van der Waals surface area contributed by atoms with Gasteiger partial charge in [0.15, 0.2) is 0 Å². The number of benzene rings is 2. The summed E-state index contributed by atoms with van der Waals surface area (Å²) in [6.45, 7) is 0.656. The molecule has 0 saturated heterocycles. The molecule has 0 amide bonds. The van der Waals surface area contributed by atoms with Crippen LogP contribution < -0.4 is 4.72 Å². The molecule has 1 N–H and O–H groups in total. The average molecular weight is 466 g/mol. The van der Waals surface area contributed by atoms with Crippen molar-refractivity contribution in [1.29, 1.82) is 0 Å². The van der Waals surface area contributed by atoms with Gasteiger partial charge >= 0.3 is 0 Å². The fourth-order valence-electron chi connectivity index (χ4n) is 3.88. The zero-order valence-electron chi connectivity index (χ0n) is 18.3. The Hall–Kier alpha value is -1.94. The van der Waals surface area contributed by atoms with Gasteiger partial charge in [0.05, 0.1) is 15.5 Å². The Morgan fingerprint density at radius 3 is 2.03 bits per heavy atom. The first-order valence-corrected chi connectivity index (χ1v) is 13.4. The van der Waals surface area contributed by atoms with Crippen LogP contribution in [0.1, 0.15) is 37.7 Å². The van der Waals surface area contributed by atoms with Crippen LogP contribution in [0.15, 0.2) is 58.3 Å². The first-order valence-electron chi connectivity index (χ1n) is 10.4. The fourth-order valence-corrected chi connectivity index (χ4v) is 5.89. The molecule has 170 valence electrons. The number of hydrogen-bond acceptors (Lipinski definition) is 5. The Morgan fingerprint density at radius 1 is 0.839 bits per heavy atom. The Morgan fingerprint density at radius 2 is 1.42 bits per heavy atom. The minimum Gasteiger partial charge on any atom is -0.299 e. The van der Waals surface area contributed by atoms with Crippen molar-refractivity contribution in [2.45, 2.75) is 54.5 Å². The lowest BCUT2D eigenvalue weighted by molar-refractivity contribution is 0.185. The van der Waals surface area contributed by atoms with Crippen molar-refractivity contribution in [3.8, 4) is 0 Å². The summed E-state index contributed by atoms with van der Waals surface area (Å²) < 4.78 is 54.1. The van der Waals surface area contributed by atoms with E-state index in [0.29, 0.717) is 18.3 Å². The molecule has 1 saturated carbocycles. The largest absolute Gasteiger partial charge is 0.299 e. The van der Waals surface area contributed by atoms with Gasteiger partial charge in [-0.05, 0) is 55.8 Å². The average Bonchev–Trinajstić information content (AvgIpc) is 2.75. The lowest BCUT2D eigenvalue weighted by Crippen LogP contribution is -2.33. The highest BCUT2D eigenvalue weighted by Gasteiger charge is 2.22. The van der Waals surface area contributed by atoms with Crippen LogP contribution in [-0.4, -0.2) is 53.2 Å². The summed E-state index contributed by atoms with van der Waals surface area (Å²) >= 11 is 0. The maximum Gasteiger partial charge on any atom is 0.261 e. The van der Waals surface area contributed by atoms with Crippen molar-refractivity contribution in [2.24, 2.45) is 0 Å². The number of sulfonamides is 2. The van der Waals surface area contributed by atoms with Gasteiger partial charge in [-0.3, -0.25) is 9.62 Å². The van der Waals surface area contributed by atoms with Crippen LogP contribution >= 0.6 is 0 Å². The van der Waals surface area contributed by atoms with Crippen molar-refractivity contribution in [2.75, 3.05) is 25.9 Å². The molecule has 3 rings (SSSR count). The van der Waals surface area contributed by atoms with E-state index < -0.39 is 20.0 Å². The third-order valence-electron chi connectivity index (χ3n) is 5.79. The summed E-state index contributed by atoms with van der Waals surface area (Å²) in [4.78, 5) is 2.36. The first-order chi connectivity index (χ1) is 14.6. The minimum absolute atomic E-state index is 0.0145. The zero-order valence-corrected chi connectivity index (χ0v) is 19.9. The summed E-state index contributed by atoms with van der Waals surface area (Å²) in [6, 6.07) is 13.2. The van der Waals surface area contributed by atoms with Gasteiger partial charge in [-0.15, -0.1) is 0 Å². The highest BCUT2D eigenvalue weighted by Crippen LogP contribution is 2.26. The summed E-state index contributed by atoms with van der Waals surface area (Å²) in [5.74, 6) is 0. The normalized spacial score (nSPS) is 16.0. The van der Waals surface area contributed by atoms with Crippen molar-refractivity contribution in [3.05, 3.63) is 54.1 Å². The standard InChI is InChI=1S/C22H31N3O4S2/c1-24(2)31(28,29)21-15-13-20(14-16-21)30(26,27)23-22-12-8-7-9-18(22)17-25(3)19-10-5-4-6-11-19/h7-9,12-16,19,23H,4-6,10-11,17H2,1-3H3. The molecule has 9 heteroatoms. The van der Waals surface area contributed by atoms with Gasteiger partial charge < -0.3 is 0 Å². The molecule has 1 aliphatic rings. The SMILES string of the molecule is CN(Cc1ccccc1NS(=O)(=O)c1ccc(S(=O)(=O)N(C)C)cc1)C1CCCCC1. The topological polar surface area (TPSA) is 86.8 Å². The van der Waals surface area contributed by atoms with E-state index in [9.17, 15) is 16.8 Å². The fraction of sp³-hybridized carbons (Fsp3) is 0.455. The summed E-state index contributed by atoms with van der Waals surface area (Å²) in [5.41, 5.74) is 1.45. The molecule has 1 aliphatic carbocycles. The van der Waals surface area contributed by atoms with E-state index in [-0.39, 0.29) is 9.79 Å². The second-order valence-electron chi connectivity index (χ2n) is 8.23. The van der Waals surface area contributed by atoms with Crippen molar-refractivity contribution >= 4 is 25.7 Å². The highest BCUT2D eigenvalue weighted by molar-refractivity contribution is 7.92. The molecule has 0 unspecified atom stereocenters. The third-order valence-corrected chi connectivity index (χ3v) is 9.00. The Balaban J connectivity index is 1.79. The maximum absolute atomic E-state index is 13.0. The molecule has 0 aliphatic heterocycles. The van der Waals surface area contributed by atoms with Crippen LogP contribution in [0.4, 0.5) is 5.69 Å². The van der Waals surface area contributed by atoms with E-state index in [2.05, 4.69) is 16.7 Å². The first kappa shape index (κ1) is 23.7. The Labute approximate surface area is 186 Å². The number of nitrogens with one attached hydrogen (secondary N) is 1. The smallest absolute Gasteiger partial charge is 0.261 e. The molecule has 31 heavy (non-hydrogen) atoms. The molecule has 2 aromatic carbocycles. The van der Waals surface area contributed by atoms with Gasteiger partial charge in [-0.1, -0.05) is 37.5 Å². The van der Waals surface area contributed by atoms with Crippen molar-refractivity contribution < 1.29 is 16.8 Å². The van der Waals surface area contributed by atoms with Crippen LogP contribution in [0.3, 0.4) is 0 Å². The molecule has 0 heterocycles. The zero-order chi connectivity index (χ0) is 22.6. The van der Waals surface area contributed by atoms with Gasteiger partial charge in [0, 0.05) is 26.7 Å². The molecule has 1 fully saturated rings. The Bertz CT molecular complexity index is 1090. The Kier molecular flexibility index (Phi) is 7.41. The molecule has 0 aromatic heterocycles. The number of anilines is 1. The van der Waals surface area contributed by atoms with Gasteiger partial charge in [-0.25, -0.2) is 21.1 Å². The van der Waals surface area contributed by atoms with Crippen LogP contribution in [0, 0.1) is 0 Å². The van der Waals surface area contributed by atoms with Crippen LogP contribution in [-0.2, 0) is 26.6 Å². The van der Waals surface area contributed by atoms with E-state index in [1.54, 1.807) is 12.1 Å². The van der Waals surface area contributed by atoms with Crippen LogP contribution in [0.25, 0.3) is 0 Å². The van der Waals surface area contributed by atoms with Crippen LogP contribution in [0.2, 0.25) is 0 Å². The molecule has 0 atom stereocenters. The van der Waals surface area contributed by atoms with Gasteiger partial charge in [0.1, 0.15) is 0 Å². The quantitative estimate of drug-likeness (QED) is 0.645. The summed E-state index contributed by atoms with van der Waals surface area (Å²) in [5, 5.41) is 0. The summed E-state index contributed by atoms with van der Waals surface area (Å²) in [7, 11) is -2.52. The van der Waals surface area contributed by atoms with Gasteiger partial charge in [0.25, 0.3) is 10.0 Å². The number of para-hydroxylation sites is 1. The molecule has 0 bridgehead atoms. The number of rotatable bonds is 8. The summed E-state index contributed by atoms with van der Waals surface area (Å²) in [6.07, 6.45) is 6.11. The lowest BCUT2D eigenvalue weighted by atomic mass is 9.94. The van der Waals surface area contributed by atoms with Crippen molar-refractivity contribution in [1.82, 2.24) is 9.21 Å². The van der Waals surface area contributed by atoms with Crippen LogP contribution in [0.5, 0.6) is 0 Å². The molecule has 0 radical (unpaired) electrons. The maximum atomic E-state index is 13.0. The van der Waals surface area contributed by atoms with Gasteiger partial charge in [0.2, 0.25) is 10.0 Å². The lowest BCUT2D eigenvalue weighted by Gasteiger charge is -2.31. The molecular weight excluding hydrogens is 434 g/mol. The van der Waals surface area contributed by atoms with E-state index in [1.165, 1.54) is 70.5 Å². The third kappa shape index (κ3) is 5.65. The predicted molar refractivity (Wildman–Crippen MR) is 123 cm³/mol. The van der Waals surface area contributed by atoms with E-state index >= 15 is 0 Å². The number of hydrogen-bond donors (Lipinski definition) is 1. The van der Waals surface area contributed by atoms with E-state index in [4.69, 9.17) is 0 Å². The monoisotopic (exact) mass is 465 g/mol. The minimum atomic E-state index is -3.86. The molecule has 7 nitrogen and oxygen atoms in total. The van der Waals surface area contributed by atoms with Crippen molar-refractivity contribution in [3.63, 3.8) is 0 Å². The molecule has 2 aromatic rings. The molecular formula is C22H31N3O4S2.